The van der Waals surface area contributed by atoms with Crippen LogP contribution in [0, 0.1) is 17.1 Å². The Balaban J connectivity index is 1.61. The molecule has 1 aliphatic rings. The second kappa shape index (κ2) is 9.94. The molecule has 39 heavy (non-hydrogen) atoms. The van der Waals surface area contributed by atoms with E-state index in [0.29, 0.717) is 35.6 Å². The van der Waals surface area contributed by atoms with Crippen molar-refractivity contribution in [3.8, 4) is 17.2 Å². The van der Waals surface area contributed by atoms with E-state index in [4.69, 9.17) is 0 Å². The van der Waals surface area contributed by atoms with E-state index in [1.165, 1.54) is 4.31 Å². The average molecular weight is 555 g/mol. The molecule has 11 heteroatoms. The van der Waals surface area contributed by atoms with Gasteiger partial charge in [-0.25, -0.2) is 22.1 Å². The molecule has 1 aromatic heterocycles. The molecule has 1 N–H and O–H groups in total. The molecule has 1 fully saturated rings. The van der Waals surface area contributed by atoms with Crippen molar-refractivity contribution >= 4 is 26.6 Å². The number of H-pyrrole nitrogens is 1. The van der Waals surface area contributed by atoms with E-state index < -0.39 is 27.6 Å². The van der Waals surface area contributed by atoms with Gasteiger partial charge in [-0.05, 0) is 47.7 Å². The number of fused-ring (bicyclic) bond motifs is 1. The second-order valence-corrected chi connectivity index (χ2v) is 11.3. The Morgan fingerprint density at radius 2 is 1.72 bits per heavy atom. The van der Waals surface area contributed by atoms with E-state index in [2.05, 4.69) is 16.0 Å². The molecule has 0 atom stereocenters. The third-order valence-electron chi connectivity index (χ3n) is 6.76. The number of aromatic amines is 1. The first-order chi connectivity index (χ1) is 18.4. The molecular weight excluding hydrogens is 532 g/mol. The molecule has 2 heterocycles. The van der Waals surface area contributed by atoms with Gasteiger partial charge >= 0.3 is 6.18 Å². The predicted octanol–water partition coefficient (Wildman–Crippen LogP) is 6.12. The number of rotatable bonds is 4. The maximum atomic E-state index is 14.2. The highest BCUT2D eigenvalue weighted by atomic mass is 32.2. The van der Waals surface area contributed by atoms with Crippen molar-refractivity contribution in [2.75, 3.05) is 19.3 Å². The summed E-state index contributed by atoms with van der Waals surface area (Å²) in [6, 6.07) is 18.1. The van der Waals surface area contributed by atoms with E-state index in [-0.39, 0.29) is 29.9 Å². The third-order valence-corrected chi connectivity index (χ3v) is 8.06. The molecular formula is C28H22F4N4O2S. The molecule has 0 bridgehead atoms. The van der Waals surface area contributed by atoms with Gasteiger partial charge in [-0.3, -0.25) is 0 Å². The summed E-state index contributed by atoms with van der Waals surface area (Å²) in [5.41, 5.74) is 3.14. The lowest BCUT2D eigenvalue weighted by atomic mass is 9.92. The lowest BCUT2D eigenvalue weighted by Gasteiger charge is -2.28. The van der Waals surface area contributed by atoms with Crippen LogP contribution in [0.5, 0.6) is 0 Å². The van der Waals surface area contributed by atoms with Gasteiger partial charge in [0, 0.05) is 24.7 Å². The van der Waals surface area contributed by atoms with Crippen molar-refractivity contribution in [2.24, 2.45) is 0 Å². The van der Waals surface area contributed by atoms with Crippen LogP contribution >= 0.6 is 0 Å². The van der Waals surface area contributed by atoms with E-state index in [0.717, 1.165) is 29.0 Å². The Morgan fingerprint density at radius 3 is 2.33 bits per heavy atom. The fourth-order valence-electron chi connectivity index (χ4n) is 4.81. The van der Waals surface area contributed by atoms with Gasteiger partial charge in [0.2, 0.25) is 10.0 Å². The number of piperidine rings is 1. The van der Waals surface area contributed by atoms with E-state index >= 15 is 0 Å². The van der Waals surface area contributed by atoms with Crippen LogP contribution in [0.25, 0.3) is 27.7 Å². The van der Waals surface area contributed by atoms with Crippen molar-refractivity contribution in [3.05, 3.63) is 94.6 Å². The number of imidazole rings is 1. The minimum atomic E-state index is -4.86. The van der Waals surface area contributed by atoms with Crippen LogP contribution in [0.3, 0.4) is 0 Å². The van der Waals surface area contributed by atoms with Crippen LogP contribution in [0.2, 0.25) is 0 Å². The van der Waals surface area contributed by atoms with Crippen LogP contribution in [-0.2, 0) is 16.2 Å². The van der Waals surface area contributed by atoms with Crippen LogP contribution < -0.4 is 0 Å². The second-order valence-electron chi connectivity index (χ2n) is 9.34. The quantitative estimate of drug-likeness (QED) is 0.308. The highest BCUT2D eigenvalue weighted by Crippen LogP contribution is 2.36. The minimum Gasteiger partial charge on any atom is -0.338 e. The van der Waals surface area contributed by atoms with Gasteiger partial charge in [-0.1, -0.05) is 42.0 Å². The number of alkyl halides is 3. The normalized spacial score (nSPS) is 14.9. The Morgan fingerprint density at radius 1 is 1.03 bits per heavy atom. The first kappa shape index (κ1) is 26.6. The van der Waals surface area contributed by atoms with Gasteiger partial charge in [-0.2, -0.15) is 18.4 Å². The highest BCUT2D eigenvalue weighted by Gasteiger charge is 2.35. The summed E-state index contributed by atoms with van der Waals surface area (Å²) < 4.78 is 79.6. The molecule has 3 aromatic carbocycles. The smallest absolute Gasteiger partial charge is 0.338 e. The molecule has 0 amide bonds. The molecule has 200 valence electrons. The van der Waals surface area contributed by atoms with Gasteiger partial charge in [0.05, 0.1) is 34.5 Å². The molecule has 0 radical (unpaired) electrons. The summed E-state index contributed by atoms with van der Waals surface area (Å²) in [5.74, 6) is -1.14. The van der Waals surface area contributed by atoms with Gasteiger partial charge in [-0.15, -0.1) is 0 Å². The molecule has 6 nitrogen and oxygen atoms in total. The fourth-order valence-corrected chi connectivity index (χ4v) is 5.66. The largest absolute Gasteiger partial charge is 0.419 e. The summed E-state index contributed by atoms with van der Waals surface area (Å²) >= 11 is 0. The maximum Gasteiger partial charge on any atom is 0.419 e. The molecule has 4 aromatic rings. The van der Waals surface area contributed by atoms with Gasteiger partial charge in [0.25, 0.3) is 0 Å². The summed E-state index contributed by atoms with van der Waals surface area (Å²) in [4.78, 5) is 7.36. The fraction of sp³-hybridized carbons (Fsp3) is 0.214. The van der Waals surface area contributed by atoms with E-state index in [1.54, 1.807) is 18.2 Å². The van der Waals surface area contributed by atoms with Crippen LogP contribution in [0.15, 0.2) is 66.2 Å². The Hall–Kier alpha value is -4.01. The average Bonchev–Trinajstić information content (AvgIpc) is 3.30. The van der Waals surface area contributed by atoms with Crippen molar-refractivity contribution in [3.63, 3.8) is 0 Å². The number of nitrogens with one attached hydrogen (secondary N) is 1. The Labute approximate surface area is 222 Å². The number of nitriles is 1. The Kier molecular flexibility index (Phi) is 6.78. The lowest BCUT2D eigenvalue weighted by Crippen LogP contribution is -2.35. The number of hydrogen-bond acceptors (Lipinski definition) is 4. The molecule has 1 saturated heterocycles. The SMILES string of the molecule is CS(=O)(=O)N1CCC(=C(c2ccc(-c3cccc(C#N)c3)cc2)c2nc3cc(F)c(C(F)(F)F)cc3[nH]2)CC1. The van der Waals surface area contributed by atoms with Crippen molar-refractivity contribution in [2.45, 2.75) is 19.0 Å². The number of halogens is 4. The van der Waals surface area contributed by atoms with Crippen molar-refractivity contribution < 1.29 is 26.0 Å². The summed E-state index contributed by atoms with van der Waals surface area (Å²) in [5, 5.41) is 9.21. The van der Waals surface area contributed by atoms with Crippen molar-refractivity contribution in [1.82, 2.24) is 14.3 Å². The van der Waals surface area contributed by atoms with Crippen molar-refractivity contribution in [1.29, 1.82) is 5.26 Å². The first-order valence-corrected chi connectivity index (χ1v) is 13.8. The highest BCUT2D eigenvalue weighted by molar-refractivity contribution is 7.88. The molecule has 0 spiro atoms. The first-order valence-electron chi connectivity index (χ1n) is 12.0. The van der Waals surface area contributed by atoms with Gasteiger partial charge < -0.3 is 4.98 Å². The van der Waals surface area contributed by atoms with Gasteiger partial charge in [0.15, 0.2) is 0 Å². The zero-order chi connectivity index (χ0) is 27.9. The van der Waals surface area contributed by atoms with E-state index in [1.807, 2.05) is 30.3 Å². The molecule has 0 aliphatic carbocycles. The van der Waals surface area contributed by atoms with Crippen LogP contribution in [0.4, 0.5) is 17.6 Å². The Bertz CT molecular complexity index is 1740. The number of hydrogen-bond donors (Lipinski definition) is 1. The molecule has 0 saturated carbocycles. The number of benzene rings is 3. The van der Waals surface area contributed by atoms with Gasteiger partial charge in [0.1, 0.15) is 11.6 Å². The molecule has 5 rings (SSSR count). The topological polar surface area (TPSA) is 89.8 Å². The minimum absolute atomic E-state index is 0.0373. The standard InChI is InChI=1S/C28H22F4N4O2S/c1-39(37,38)36-11-9-20(10-12-36)26(19-7-5-18(6-8-19)21-4-2-3-17(13-21)16-33)27-34-24-14-22(28(30,31)32)23(29)15-25(24)35-27/h2-8,13-15H,9-12H2,1H3,(H,34,35). The predicted molar refractivity (Wildman–Crippen MR) is 139 cm³/mol. The number of aromatic nitrogens is 2. The number of nitrogens with zero attached hydrogens (tertiary/aromatic N) is 3. The molecule has 0 unspecified atom stereocenters. The summed E-state index contributed by atoms with van der Waals surface area (Å²) in [7, 11) is -3.37. The number of sulfonamides is 1. The van der Waals surface area contributed by atoms with Crippen LogP contribution in [0.1, 0.15) is 35.4 Å². The zero-order valence-electron chi connectivity index (χ0n) is 20.7. The summed E-state index contributed by atoms with van der Waals surface area (Å²) in [6.07, 6.45) is -2.92. The maximum absolute atomic E-state index is 14.2. The van der Waals surface area contributed by atoms with E-state index in [9.17, 15) is 31.2 Å². The summed E-state index contributed by atoms with van der Waals surface area (Å²) in [6.45, 7) is 0.508. The zero-order valence-corrected chi connectivity index (χ0v) is 21.5. The lowest BCUT2D eigenvalue weighted by molar-refractivity contribution is -0.139. The van der Waals surface area contributed by atoms with Crippen LogP contribution in [-0.4, -0.2) is 42.0 Å². The third kappa shape index (κ3) is 5.44. The molecule has 1 aliphatic heterocycles. The monoisotopic (exact) mass is 554 g/mol.